The van der Waals surface area contributed by atoms with E-state index in [4.69, 9.17) is 9.98 Å². The van der Waals surface area contributed by atoms with Gasteiger partial charge in [-0.05, 0) is 0 Å². The van der Waals surface area contributed by atoms with Crippen molar-refractivity contribution < 1.29 is 4.79 Å². The monoisotopic (exact) mass is 388 g/mol. The number of rotatable bonds is 2. The molecule has 142 valence electrons. The molecule has 3 aromatic rings. The van der Waals surface area contributed by atoms with Gasteiger partial charge in [0.05, 0.1) is 17.1 Å². The van der Waals surface area contributed by atoms with Crippen LogP contribution in [-0.4, -0.2) is 40.7 Å². The topological polar surface area (TPSA) is 66.5 Å². The van der Waals surface area contributed by atoms with Gasteiger partial charge in [-0.2, -0.15) is 10.2 Å². The highest BCUT2D eigenvalue weighted by Crippen LogP contribution is 2.31. The Kier molecular flexibility index (Phi) is 3.68. The second kappa shape index (κ2) is 6.52. The first-order chi connectivity index (χ1) is 14.8. The van der Waals surface area contributed by atoms with Gasteiger partial charge in [0.15, 0.2) is 0 Å². The molecule has 2 atom stereocenters. The number of Topliss-reactive ketones (excluding diaryl/α,β-unsaturated/α-hetero) is 1. The van der Waals surface area contributed by atoms with Crippen LogP contribution >= 0.6 is 0 Å². The third-order valence-electron chi connectivity index (χ3n) is 5.67. The van der Waals surface area contributed by atoms with Gasteiger partial charge in [0.25, 0.3) is 0 Å². The first kappa shape index (κ1) is 16.9. The minimum Gasteiger partial charge on any atom is -0.287 e. The van der Waals surface area contributed by atoms with Crippen LogP contribution in [0.15, 0.2) is 105 Å². The van der Waals surface area contributed by atoms with Gasteiger partial charge < -0.3 is 0 Å². The normalized spacial score (nSPS) is 21.5. The Hall–Kier alpha value is -3.99. The molecule has 6 rings (SSSR count). The van der Waals surface area contributed by atoms with Crippen molar-refractivity contribution in [1.82, 2.24) is 0 Å². The van der Waals surface area contributed by atoms with E-state index >= 15 is 0 Å². The molecule has 0 N–H and O–H groups in total. The van der Waals surface area contributed by atoms with Gasteiger partial charge in [-0.25, -0.2) is 0 Å². The van der Waals surface area contributed by atoms with Gasteiger partial charge in [-0.15, -0.1) is 0 Å². The number of carbonyl (C=O) groups excluding carboxylic acids is 1. The molecule has 0 bridgehead atoms. The van der Waals surface area contributed by atoms with Gasteiger partial charge in [0, 0.05) is 22.3 Å². The fraction of sp³-hybridized carbons (Fsp3) is 0.0800. The summed E-state index contributed by atoms with van der Waals surface area (Å²) in [6.07, 6.45) is 0. The van der Waals surface area contributed by atoms with Crippen molar-refractivity contribution >= 4 is 28.6 Å². The van der Waals surface area contributed by atoms with Gasteiger partial charge >= 0.3 is 0 Å². The number of nitrogens with zero attached hydrogens (tertiary/aromatic N) is 4. The highest BCUT2D eigenvalue weighted by atomic mass is 16.1. The third kappa shape index (κ3) is 2.45. The SMILES string of the molecule is O=C1C2=NC3C(c4ccccc4)=NN=C(c4ccccc4)C3N=C2c2ccccc21. The molecule has 2 aliphatic heterocycles. The summed E-state index contributed by atoms with van der Waals surface area (Å²) in [5, 5.41) is 9.12. The molecule has 30 heavy (non-hydrogen) atoms. The van der Waals surface area contributed by atoms with Crippen LogP contribution in [0, 0.1) is 0 Å². The minimum absolute atomic E-state index is 0.0704. The Morgan fingerprint density at radius 3 is 1.57 bits per heavy atom. The Labute approximate surface area is 173 Å². The molecule has 2 heterocycles. The average Bonchev–Trinajstić information content (AvgIpc) is 3.10. The number of fused-ring (bicyclic) bond motifs is 4. The van der Waals surface area contributed by atoms with Crippen molar-refractivity contribution in [2.75, 3.05) is 0 Å². The Morgan fingerprint density at radius 1 is 0.533 bits per heavy atom. The van der Waals surface area contributed by atoms with Crippen molar-refractivity contribution in [3.05, 3.63) is 107 Å². The minimum atomic E-state index is -0.392. The Balaban J connectivity index is 1.56. The quantitative estimate of drug-likeness (QED) is 0.659. The molecular formula is C25H16N4O. The van der Waals surface area contributed by atoms with Crippen molar-refractivity contribution in [2.45, 2.75) is 12.1 Å². The van der Waals surface area contributed by atoms with Crippen LogP contribution in [-0.2, 0) is 0 Å². The van der Waals surface area contributed by atoms with Crippen LogP contribution < -0.4 is 0 Å². The summed E-state index contributed by atoms with van der Waals surface area (Å²) in [6.45, 7) is 0. The van der Waals surface area contributed by atoms with Crippen LogP contribution in [0.1, 0.15) is 27.0 Å². The lowest BCUT2D eigenvalue weighted by Crippen LogP contribution is -2.45. The smallest absolute Gasteiger partial charge is 0.213 e. The van der Waals surface area contributed by atoms with Crippen molar-refractivity contribution in [3.8, 4) is 0 Å². The summed E-state index contributed by atoms with van der Waals surface area (Å²) < 4.78 is 0. The van der Waals surface area contributed by atoms with E-state index in [9.17, 15) is 4.79 Å². The molecule has 3 aliphatic rings. The molecular weight excluding hydrogens is 372 g/mol. The molecule has 0 fully saturated rings. The van der Waals surface area contributed by atoms with Gasteiger partial charge in [0.1, 0.15) is 17.8 Å². The lowest BCUT2D eigenvalue weighted by atomic mass is 9.89. The summed E-state index contributed by atoms with van der Waals surface area (Å²) in [5.74, 6) is -0.0704. The highest BCUT2D eigenvalue weighted by Gasteiger charge is 2.43. The number of benzene rings is 3. The zero-order valence-corrected chi connectivity index (χ0v) is 15.9. The predicted octanol–water partition coefficient (Wildman–Crippen LogP) is 3.77. The lowest BCUT2D eigenvalue weighted by Gasteiger charge is -2.30. The molecule has 5 heteroatoms. The number of hydrogen-bond acceptors (Lipinski definition) is 5. The zero-order chi connectivity index (χ0) is 20.1. The van der Waals surface area contributed by atoms with Gasteiger partial charge in [-0.3, -0.25) is 14.8 Å². The highest BCUT2D eigenvalue weighted by molar-refractivity contribution is 6.78. The molecule has 2 unspecified atom stereocenters. The first-order valence-corrected chi connectivity index (χ1v) is 9.87. The van der Waals surface area contributed by atoms with E-state index in [1.54, 1.807) is 0 Å². The van der Waals surface area contributed by atoms with Crippen molar-refractivity contribution in [1.29, 1.82) is 0 Å². The van der Waals surface area contributed by atoms with E-state index in [2.05, 4.69) is 10.2 Å². The van der Waals surface area contributed by atoms with E-state index < -0.39 is 6.04 Å². The maximum absolute atomic E-state index is 13.0. The summed E-state index contributed by atoms with van der Waals surface area (Å²) in [4.78, 5) is 23.0. The van der Waals surface area contributed by atoms with E-state index in [-0.39, 0.29) is 11.8 Å². The van der Waals surface area contributed by atoms with Crippen LogP contribution in [0.3, 0.4) is 0 Å². The fourth-order valence-electron chi connectivity index (χ4n) is 4.24. The predicted molar refractivity (Wildman–Crippen MR) is 118 cm³/mol. The number of ketones is 1. The molecule has 3 aromatic carbocycles. The maximum atomic E-state index is 13.0. The standard InChI is InChI=1S/C25H16N4O/c30-25-18-14-8-7-13-17(18)21-24(25)27-23-20(16-11-5-2-6-12-16)29-28-19(22(23)26-21)15-9-3-1-4-10-15/h1-14,22-23H. The second-order valence-electron chi connectivity index (χ2n) is 7.42. The number of hydrogen-bond donors (Lipinski definition) is 0. The molecule has 0 spiro atoms. The largest absolute Gasteiger partial charge is 0.287 e. The van der Waals surface area contributed by atoms with E-state index in [1.807, 2.05) is 84.9 Å². The maximum Gasteiger partial charge on any atom is 0.213 e. The molecule has 0 amide bonds. The number of carbonyl (C=O) groups is 1. The second-order valence-corrected chi connectivity index (χ2v) is 7.42. The van der Waals surface area contributed by atoms with Crippen LogP contribution in [0.25, 0.3) is 0 Å². The van der Waals surface area contributed by atoms with Crippen LogP contribution in [0.2, 0.25) is 0 Å². The summed E-state index contributed by atoms with van der Waals surface area (Å²) >= 11 is 0. The van der Waals surface area contributed by atoms with Crippen molar-refractivity contribution in [3.63, 3.8) is 0 Å². The van der Waals surface area contributed by atoms with Crippen molar-refractivity contribution in [2.24, 2.45) is 20.2 Å². The molecule has 0 saturated carbocycles. The molecule has 1 aliphatic carbocycles. The Bertz CT molecular complexity index is 1300. The zero-order valence-electron chi connectivity index (χ0n) is 15.9. The van der Waals surface area contributed by atoms with E-state index in [0.717, 1.165) is 28.1 Å². The fourth-order valence-corrected chi connectivity index (χ4v) is 4.24. The van der Waals surface area contributed by atoms with E-state index in [1.165, 1.54) is 0 Å². The number of aliphatic imine (C=N–C) groups is 2. The van der Waals surface area contributed by atoms with Gasteiger partial charge in [-0.1, -0.05) is 84.9 Å². The van der Waals surface area contributed by atoms with Gasteiger partial charge in [0.2, 0.25) is 5.78 Å². The Morgan fingerprint density at radius 2 is 1.00 bits per heavy atom. The molecule has 0 radical (unpaired) electrons. The lowest BCUT2D eigenvalue weighted by molar-refractivity contribution is 0.106. The summed E-state index contributed by atoms with van der Waals surface area (Å²) in [5.41, 5.74) is 6.00. The summed E-state index contributed by atoms with van der Waals surface area (Å²) in [7, 11) is 0. The van der Waals surface area contributed by atoms with Crippen LogP contribution in [0.4, 0.5) is 0 Å². The average molecular weight is 388 g/mol. The summed E-state index contributed by atoms with van der Waals surface area (Å²) in [6, 6.07) is 26.6. The van der Waals surface area contributed by atoms with Crippen LogP contribution in [0.5, 0.6) is 0 Å². The molecule has 5 nitrogen and oxygen atoms in total. The third-order valence-corrected chi connectivity index (χ3v) is 5.67. The molecule has 0 saturated heterocycles. The van der Waals surface area contributed by atoms with E-state index in [0.29, 0.717) is 17.0 Å². The molecule has 0 aromatic heterocycles. The first-order valence-electron chi connectivity index (χ1n) is 9.87.